The quantitative estimate of drug-likeness (QED) is 0.365. The van der Waals surface area contributed by atoms with Gasteiger partial charge in [0.15, 0.2) is 11.5 Å². The van der Waals surface area contributed by atoms with Crippen LogP contribution in [-0.4, -0.2) is 43.5 Å². The molecule has 0 radical (unpaired) electrons. The fourth-order valence-electron chi connectivity index (χ4n) is 2.98. The molecular formula is C21H16F3NO8S2. The SMILES string of the molecule is Cc1c(-c2cccc(NS(=O)(=O)c3ccc(OC(F)(F)F)cc3)c2)sc(C(=O)O)c1OCC(=O)O. The Labute approximate surface area is 200 Å². The molecule has 0 fully saturated rings. The average Bonchev–Trinajstić information content (AvgIpc) is 3.08. The van der Waals surface area contributed by atoms with Gasteiger partial charge in [0, 0.05) is 16.1 Å². The molecule has 0 aliphatic heterocycles. The molecule has 0 aliphatic carbocycles. The maximum Gasteiger partial charge on any atom is 0.573 e. The minimum atomic E-state index is -4.92. The van der Waals surface area contributed by atoms with E-state index < -0.39 is 40.7 Å². The second-order valence-corrected chi connectivity index (χ2v) is 9.61. The van der Waals surface area contributed by atoms with Crippen LogP contribution in [0.3, 0.4) is 0 Å². The van der Waals surface area contributed by atoms with Crippen molar-refractivity contribution in [2.24, 2.45) is 0 Å². The van der Waals surface area contributed by atoms with E-state index in [0.717, 1.165) is 35.6 Å². The summed E-state index contributed by atoms with van der Waals surface area (Å²) in [4.78, 5) is 22.3. The van der Waals surface area contributed by atoms with Crippen LogP contribution in [0.5, 0.6) is 11.5 Å². The fraction of sp³-hybridized carbons (Fsp3) is 0.143. The topological polar surface area (TPSA) is 139 Å². The van der Waals surface area contributed by atoms with Crippen molar-refractivity contribution in [2.45, 2.75) is 18.2 Å². The van der Waals surface area contributed by atoms with Crippen molar-refractivity contribution in [3.63, 3.8) is 0 Å². The van der Waals surface area contributed by atoms with E-state index in [2.05, 4.69) is 9.46 Å². The highest BCUT2D eigenvalue weighted by Gasteiger charge is 2.31. The maximum atomic E-state index is 12.7. The van der Waals surface area contributed by atoms with Crippen molar-refractivity contribution >= 4 is 39.0 Å². The molecule has 0 bridgehead atoms. The van der Waals surface area contributed by atoms with Gasteiger partial charge in [-0.05, 0) is 48.9 Å². The number of alkyl halides is 3. The van der Waals surface area contributed by atoms with Crippen molar-refractivity contribution in [1.82, 2.24) is 0 Å². The van der Waals surface area contributed by atoms with Crippen molar-refractivity contribution in [1.29, 1.82) is 0 Å². The smallest absolute Gasteiger partial charge is 0.480 e. The second-order valence-electron chi connectivity index (χ2n) is 6.91. The number of aromatic carboxylic acids is 1. The highest BCUT2D eigenvalue weighted by molar-refractivity contribution is 7.92. The van der Waals surface area contributed by atoms with E-state index in [0.29, 0.717) is 16.0 Å². The highest BCUT2D eigenvalue weighted by Crippen LogP contribution is 2.42. The number of benzene rings is 2. The molecule has 0 spiro atoms. The third-order valence-electron chi connectivity index (χ3n) is 4.37. The number of rotatable bonds is 9. The number of carboxylic acid groups (broad SMARTS) is 2. The average molecular weight is 531 g/mol. The molecule has 2 aromatic carbocycles. The Hall–Kier alpha value is -3.78. The molecule has 3 rings (SSSR count). The van der Waals surface area contributed by atoms with Crippen LogP contribution >= 0.6 is 11.3 Å². The van der Waals surface area contributed by atoms with Gasteiger partial charge in [-0.3, -0.25) is 4.72 Å². The molecule has 3 aromatic rings. The largest absolute Gasteiger partial charge is 0.573 e. The van der Waals surface area contributed by atoms with E-state index in [1.165, 1.54) is 25.1 Å². The van der Waals surface area contributed by atoms with Crippen LogP contribution in [0.25, 0.3) is 10.4 Å². The number of aliphatic carboxylic acids is 1. The number of ether oxygens (including phenoxy) is 2. The lowest BCUT2D eigenvalue weighted by atomic mass is 10.1. The number of sulfonamides is 1. The van der Waals surface area contributed by atoms with E-state index in [-0.39, 0.29) is 21.2 Å². The lowest BCUT2D eigenvalue weighted by Gasteiger charge is -2.11. The Bertz CT molecular complexity index is 1370. The van der Waals surface area contributed by atoms with E-state index >= 15 is 0 Å². The molecule has 0 amide bonds. The molecule has 0 saturated carbocycles. The Balaban J connectivity index is 1.89. The van der Waals surface area contributed by atoms with Gasteiger partial charge in [-0.25, -0.2) is 18.0 Å². The molecule has 0 aliphatic rings. The number of anilines is 1. The number of hydrogen-bond acceptors (Lipinski definition) is 7. The van der Waals surface area contributed by atoms with E-state index in [9.17, 15) is 36.3 Å². The van der Waals surface area contributed by atoms with Gasteiger partial charge >= 0.3 is 18.3 Å². The molecule has 186 valence electrons. The monoisotopic (exact) mass is 531 g/mol. The molecule has 0 saturated heterocycles. The van der Waals surface area contributed by atoms with Crippen molar-refractivity contribution in [3.8, 4) is 21.9 Å². The highest BCUT2D eigenvalue weighted by atomic mass is 32.2. The standard InChI is InChI=1S/C21H16F3NO8S2/c1-11-17(32-10-16(26)27)19(20(28)29)34-18(11)12-3-2-4-13(9-12)25-35(30,31)15-7-5-14(6-8-15)33-21(22,23)24/h2-9,25H,10H2,1H3,(H,26,27)(H,28,29). The second kappa shape index (κ2) is 9.84. The predicted octanol–water partition coefficient (Wildman–Crippen LogP) is 4.58. The summed E-state index contributed by atoms with van der Waals surface area (Å²) in [6.45, 7) is 0.792. The van der Waals surface area contributed by atoms with Gasteiger partial charge in [0.2, 0.25) is 0 Å². The zero-order valence-corrected chi connectivity index (χ0v) is 19.3. The van der Waals surface area contributed by atoms with Gasteiger partial charge in [0.25, 0.3) is 10.0 Å². The molecule has 0 atom stereocenters. The van der Waals surface area contributed by atoms with Crippen LogP contribution in [0.1, 0.15) is 15.2 Å². The number of halogens is 3. The Morgan fingerprint density at radius 1 is 1.09 bits per heavy atom. The van der Waals surface area contributed by atoms with Gasteiger partial charge in [-0.1, -0.05) is 12.1 Å². The van der Waals surface area contributed by atoms with Crippen LogP contribution in [0, 0.1) is 6.92 Å². The molecular weight excluding hydrogens is 515 g/mol. The van der Waals surface area contributed by atoms with Crippen LogP contribution in [0.2, 0.25) is 0 Å². The minimum absolute atomic E-state index is 0.0933. The summed E-state index contributed by atoms with van der Waals surface area (Å²) in [5.41, 5.74) is 0.874. The van der Waals surface area contributed by atoms with Crippen LogP contribution in [0.15, 0.2) is 53.4 Å². The number of carbonyl (C=O) groups is 2. The minimum Gasteiger partial charge on any atom is -0.480 e. The van der Waals surface area contributed by atoms with Crippen LogP contribution in [0.4, 0.5) is 18.9 Å². The summed E-state index contributed by atoms with van der Waals surface area (Å²) in [6, 6.07) is 9.55. The number of thiophene rings is 1. The lowest BCUT2D eigenvalue weighted by molar-refractivity contribution is -0.274. The van der Waals surface area contributed by atoms with E-state index in [1.807, 2.05) is 0 Å². The third kappa shape index (κ3) is 6.42. The normalized spacial score (nSPS) is 11.7. The van der Waals surface area contributed by atoms with E-state index in [4.69, 9.17) is 9.84 Å². The first-order valence-corrected chi connectivity index (χ1v) is 11.8. The summed E-state index contributed by atoms with van der Waals surface area (Å²) in [6.07, 6.45) is -4.92. The molecule has 9 nitrogen and oxygen atoms in total. The first kappa shape index (κ1) is 25.8. The van der Waals surface area contributed by atoms with Crippen LogP contribution in [-0.2, 0) is 14.8 Å². The molecule has 1 aromatic heterocycles. The van der Waals surface area contributed by atoms with Gasteiger partial charge in [0.05, 0.1) is 4.90 Å². The van der Waals surface area contributed by atoms with Crippen molar-refractivity contribution in [3.05, 3.63) is 59.0 Å². The van der Waals surface area contributed by atoms with E-state index in [1.54, 1.807) is 6.07 Å². The molecule has 1 heterocycles. The first-order valence-electron chi connectivity index (χ1n) is 9.47. The Morgan fingerprint density at radius 2 is 1.74 bits per heavy atom. The van der Waals surface area contributed by atoms with Gasteiger partial charge in [0.1, 0.15) is 11.5 Å². The summed E-state index contributed by atoms with van der Waals surface area (Å²) in [5.74, 6) is -3.30. The molecule has 3 N–H and O–H groups in total. The van der Waals surface area contributed by atoms with Crippen molar-refractivity contribution < 1.29 is 50.9 Å². The summed E-state index contributed by atoms with van der Waals surface area (Å²) >= 11 is 0.828. The zero-order chi connectivity index (χ0) is 26.0. The predicted molar refractivity (Wildman–Crippen MR) is 119 cm³/mol. The number of nitrogens with one attached hydrogen (secondary N) is 1. The Kier molecular flexibility index (Phi) is 7.26. The van der Waals surface area contributed by atoms with Gasteiger partial charge < -0.3 is 19.7 Å². The van der Waals surface area contributed by atoms with Crippen LogP contribution < -0.4 is 14.2 Å². The third-order valence-corrected chi connectivity index (χ3v) is 7.08. The fourth-order valence-corrected chi connectivity index (χ4v) is 5.12. The zero-order valence-electron chi connectivity index (χ0n) is 17.6. The number of carboxylic acids is 2. The van der Waals surface area contributed by atoms with Gasteiger partial charge in [-0.15, -0.1) is 24.5 Å². The lowest BCUT2D eigenvalue weighted by Crippen LogP contribution is -2.17. The Morgan fingerprint density at radius 3 is 2.31 bits per heavy atom. The maximum absolute atomic E-state index is 12.7. The van der Waals surface area contributed by atoms with Crippen molar-refractivity contribution in [2.75, 3.05) is 11.3 Å². The number of hydrogen-bond donors (Lipinski definition) is 3. The summed E-state index contributed by atoms with van der Waals surface area (Å²) < 4.78 is 73.4. The first-order chi connectivity index (χ1) is 16.3. The molecule has 0 unspecified atom stereocenters. The summed E-state index contributed by atoms with van der Waals surface area (Å²) in [5, 5.41) is 18.3. The summed E-state index contributed by atoms with van der Waals surface area (Å²) in [7, 11) is -4.18. The molecule has 14 heteroatoms. The van der Waals surface area contributed by atoms with Gasteiger partial charge in [-0.2, -0.15) is 0 Å². The molecule has 35 heavy (non-hydrogen) atoms.